The van der Waals surface area contributed by atoms with Gasteiger partial charge in [0.1, 0.15) is 11.2 Å². The molecule has 0 saturated carbocycles. The highest BCUT2D eigenvalue weighted by molar-refractivity contribution is 6.28. The van der Waals surface area contributed by atoms with Gasteiger partial charge in [-0.1, -0.05) is 133 Å². The molecule has 0 radical (unpaired) electrons. The molecule has 0 atom stereocenters. The zero-order valence-electron chi connectivity index (χ0n) is 26.5. The number of furan rings is 1. The molecule has 10 rings (SSSR count). The Balaban J connectivity index is 1.20. The number of rotatable bonds is 4. The van der Waals surface area contributed by atoms with Gasteiger partial charge in [-0.25, -0.2) is 9.97 Å². The minimum atomic E-state index is 0.699. The Hall–Kier alpha value is -6.58. The summed E-state index contributed by atoms with van der Waals surface area (Å²) in [7, 11) is 0. The summed E-state index contributed by atoms with van der Waals surface area (Å²) in [5.41, 5.74) is 8.96. The fourth-order valence-corrected chi connectivity index (χ4v) is 7.28. The topological polar surface area (TPSA) is 38.9 Å². The van der Waals surface area contributed by atoms with Gasteiger partial charge >= 0.3 is 0 Å². The summed E-state index contributed by atoms with van der Waals surface area (Å²) in [6, 6.07) is 59.7. The molecule has 0 spiro atoms. The average molecular weight is 625 g/mol. The van der Waals surface area contributed by atoms with Crippen LogP contribution in [-0.2, 0) is 0 Å². The first kappa shape index (κ1) is 27.5. The molecule has 3 heteroatoms. The predicted octanol–water partition coefficient (Wildman–Crippen LogP) is 12.5. The number of para-hydroxylation sites is 1. The van der Waals surface area contributed by atoms with Crippen molar-refractivity contribution in [2.45, 2.75) is 0 Å². The van der Waals surface area contributed by atoms with Gasteiger partial charge in [0.15, 0.2) is 5.82 Å². The van der Waals surface area contributed by atoms with E-state index in [0.29, 0.717) is 5.82 Å². The highest BCUT2D eigenvalue weighted by atomic mass is 16.3. The van der Waals surface area contributed by atoms with E-state index in [2.05, 4.69) is 146 Å². The summed E-state index contributed by atoms with van der Waals surface area (Å²) in [5.74, 6) is 0.699. The van der Waals surface area contributed by atoms with E-state index >= 15 is 0 Å². The summed E-state index contributed by atoms with van der Waals surface area (Å²) in [5, 5.41) is 9.50. The van der Waals surface area contributed by atoms with E-state index in [1.165, 1.54) is 32.3 Å². The molecule has 0 fully saturated rings. The second kappa shape index (κ2) is 11.0. The van der Waals surface area contributed by atoms with Crippen LogP contribution in [0.2, 0.25) is 0 Å². The normalized spacial score (nSPS) is 11.7. The smallest absolute Gasteiger partial charge is 0.160 e. The third kappa shape index (κ3) is 4.59. The van der Waals surface area contributed by atoms with Crippen molar-refractivity contribution in [1.29, 1.82) is 0 Å². The Morgan fingerprint density at radius 3 is 1.63 bits per heavy atom. The second-order valence-electron chi connectivity index (χ2n) is 12.6. The van der Waals surface area contributed by atoms with Gasteiger partial charge in [-0.2, -0.15) is 0 Å². The lowest BCUT2D eigenvalue weighted by atomic mass is 9.91. The van der Waals surface area contributed by atoms with E-state index in [0.717, 1.165) is 61.1 Å². The monoisotopic (exact) mass is 624 g/mol. The van der Waals surface area contributed by atoms with Gasteiger partial charge < -0.3 is 4.42 Å². The quantitative estimate of drug-likeness (QED) is 0.183. The summed E-state index contributed by atoms with van der Waals surface area (Å²) < 4.78 is 6.34. The lowest BCUT2D eigenvalue weighted by Gasteiger charge is -2.13. The van der Waals surface area contributed by atoms with Gasteiger partial charge in [0.25, 0.3) is 0 Å². The molecule has 228 valence electrons. The molecule has 10 aromatic rings. The van der Waals surface area contributed by atoms with E-state index in [-0.39, 0.29) is 0 Å². The lowest BCUT2D eigenvalue weighted by molar-refractivity contribution is 0.669. The predicted molar refractivity (Wildman–Crippen MR) is 204 cm³/mol. The number of benzene rings is 8. The molecule has 0 aliphatic rings. The summed E-state index contributed by atoms with van der Waals surface area (Å²) in [6.07, 6.45) is 0. The minimum Gasteiger partial charge on any atom is -0.456 e. The lowest BCUT2D eigenvalue weighted by Crippen LogP contribution is -1.96. The van der Waals surface area contributed by atoms with Crippen molar-refractivity contribution in [3.63, 3.8) is 0 Å². The van der Waals surface area contributed by atoms with Gasteiger partial charge in [-0.15, -0.1) is 0 Å². The number of fused-ring (bicyclic) bond motifs is 9. The molecule has 3 nitrogen and oxygen atoms in total. The number of aromatic nitrogens is 2. The van der Waals surface area contributed by atoms with E-state index in [9.17, 15) is 0 Å². The van der Waals surface area contributed by atoms with Crippen LogP contribution in [0.25, 0.3) is 99.3 Å². The maximum absolute atomic E-state index is 6.34. The van der Waals surface area contributed by atoms with Gasteiger partial charge in [0.05, 0.1) is 11.4 Å². The van der Waals surface area contributed by atoms with Crippen molar-refractivity contribution >= 4 is 54.3 Å². The highest BCUT2D eigenvalue weighted by Gasteiger charge is 2.16. The molecule has 8 aromatic carbocycles. The van der Waals surface area contributed by atoms with E-state index in [4.69, 9.17) is 14.4 Å². The first-order valence-electron chi connectivity index (χ1n) is 16.6. The average Bonchev–Trinajstić information content (AvgIpc) is 3.55. The van der Waals surface area contributed by atoms with E-state index in [1.807, 2.05) is 24.3 Å². The van der Waals surface area contributed by atoms with Crippen LogP contribution < -0.4 is 0 Å². The van der Waals surface area contributed by atoms with Crippen molar-refractivity contribution in [2.75, 3.05) is 0 Å². The molecule has 49 heavy (non-hydrogen) atoms. The Bertz CT molecular complexity index is 2870. The number of hydrogen-bond acceptors (Lipinski definition) is 3. The van der Waals surface area contributed by atoms with Gasteiger partial charge in [0, 0.05) is 27.5 Å². The fraction of sp³-hybridized carbons (Fsp3) is 0. The molecule has 0 aliphatic carbocycles. The third-order valence-corrected chi connectivity index (χ3v) is 9.65. The van der Waals surface area contributed by atoms with Crippen LogP contribution >= 0.6 is 0 Å². The molecule has 0 N–H and O–H groups in total. The van der Waals surface area contributed by atoms with Crippen LogP contribution in [0.15, 0.2) is 174 Å². The third-order valence-electron chi connectivity index (χ3n) is 9.65. The summed E-state index contributed by atoms with van der Waals surface area (Å²) in [6.45, 7) is 0. The van der Waals surface area contributed by atoms with Crippen LogP contribution in [0.4, 0.5) is 0 Å². The maximum atomic E-state index is 6.34. The van der Waals surface area contributed by atoms with Gasteiger partial charge in [-0.05, 0) is 79.8 Å². The Labute approximate surface area is 282 Å². The number of hydrogen-bond donors (Lipinski definition) is 0. The van der Waals surface area contributed by atoms with Crippen molar-refractivity contribution in [3.8, 4) is 45.0 Å². The zero-order chi connectivity index (χ0) is 32.3. The standard InChI is InChI=1S/C46H28N2O/c1-3-12-29(13-4-1)31-16-11-17-33(24-31)46-47-42(30-14-5-2-6-15-30)28-43(48-46)32-22-23-36-38(25-32)34-18-7-8-19-35(34)39-26-41-37-20-9-10-21-44(37)49-45(41)27-40(36)39/h1-28H. The molecular weight excluding hydrogens is 597 g/mol. The van der Waals surface area contributed by atoms with Crippen LogP contribution in [0, 0.1) is 0 Å². The highest BCUT2D eigenvalue weighted by Crippen LogP contribution is 2.41. The Morgan fingerprint density at radius 1 is 0.286 bits per heavy atom. The van der Waals surface area contributed by atoms with Crippen LogP contribution in [0.1, 0.15) is 0 Å². The summed E-state index contributed by atoms with van der Waals surface area (Å²) >= 11 is 0. The molecule has 0 aliphatic heterocycles. The SMILES string of the molecule is c1ccc(-c2cccc(-c3nc(-c4ccccc4)cc(-c4ccc5c(c4)c4ccccc4c4cc6c(cc54)oc4ccccc46)n3)c2)cc1. The fourth-order valence-electron chi connectivity index (χ4n) is 7.28. The van der Waals surface area contributed by atoms with E-state index < -0.39 is 0 Å². The van der Waals surface area contributed by atoms with Crippen LogP contribution in [-0.4, -0.2) is 9.97 Å². The van der Waals surface area contributed by atoms with Crippen LogP contribution in [0.5, 0.6) is 0 Å². The number of nitrogens with zero attached hydrogens (tertiary/aromatic N) is 2. The van der Waals surface area contributed by atoms with Gasteiger partial charge in [-0.3, -0.25) is 0 Å². The van der Waals surface area contributed by atoms with Crippen molar-refractivity contribution < 1.29 is 4.42 Å². The Kier molecular flexibility index (Phi) is 6.18. The van der Waals surface area contributed by atoms with E-state index in [1.54, 1.807) is 0 Å². The molecule has 0 saturated heterocycles. The summed E-state index contributed by atoms with van der Waals surface area (Å²) in [4.78, 5) is 10.3. The molecule has 0 unspecified atom stereocenters. The first-order valence-corrected chi connectivity index (χ1v) is 16.6. The van der Waals surface area contributed by atoms with Crippen molar-refractivity contribution in [3.05, 3.63) is 170 Å². The largest absolute Gasteiger partial charge is 0.456 e. The van der Waals surface area contributed by atoms with Crippen molar-refractivity contribution in [1.82, 2.24) is 9.97 Å². The molecule has 2 heterocycles. The molecule has 0 amide bonds. The van der Waals surface area contributed by atoms with Crippen molar-refractivity contribution in [2.24, 2.45) is 0 Å². The molecule has 2 aromatic heterocycles. The molecular formula is C46H28N2O. The minimum absolute atomic E-state index is 0.699. The van der Waals surface area contributed by atoms with Crippen LogP contribution in [0.3, 0.4) is 0 Å². The van der Waals surface area contributed by atoms with Gasteiger partial charge in [0.2, 0.25) is 0 Å². The Morgan fingerprint density at radius 2 is 0.857 bits per heavy atom. The zero-order valence-corrected chi connectivity index (χ0v) is 26.5. The molecule has 0 bridgehead atoms. The second-order valence-corrected chi connectivity index (χ2v) is 12.6. The maximum Gasteiger partial charge on any atom is 0.160 e. The first-order chi connectivity index (χ1) is 24.3.